The van der Waals surface area contributed by atoms with Crippen molar-refractivity contribution in [2.75, 3.05) is 31.2 Å². The molecule has 5 nitrogen and oxygen atoms in total. The number of anilines is 1. The van der Waals surface area contributed by atoms with Gasteiger partial charge in [-0.1, -0.05) is 19.9 Å². The first kappa shape index (κ1) is 15.8. The number of benzene rings is 1. The average molecular weight is 286 g/mol. The second-order valence-electron chi connectivity index (χ2n) is 4.23. The molecule has 0 saturated heterocycles. The third-order valence-electron chi connectivity index (χ3n) is 2.69. The number of hydrogen-bond acceptors (Lipinski definition) is 4. The molecule has 0 fully saturated rings. The summed E-state index contributed by atoms with van der Waals surface area (Å²) in [4.78, 5) is 0. The molecule has 19 heavy (non-hydrogen) atoms. The lowest BCUT2D eigenvalue weighted by Gasteiger charge is -2.19. The molecule has 0 unspecified atom stereocenters. The molecular formula is C13H22N2O3S. The topological polar surface area (TPSA) is 72.6 Å². The van der Waals surface area contributed by atoms with Gasteiger partial charge in [-0.2, -0.15) is 0 Å². The third kappa shape index (κ3) is 5.08. The van der Waals surface area contributed by atoms with Crippen LogP contribution in [0.2, 0.25) is 0 Å². The van der Waals surface area contributed by atoms with Gasteiger partial charge in [0.2, 0.25) is 10.0 Å². The number of sulfonamides is 1. The Labute approximate surface area is 115 Å². The molecule has 108 valence electrons. The minimum absolute atomic E-state index is 0.0182. The zero-order chi connectivity index (χ0) is 14.3. The van der Waals surface area contributed by atoms with Crippen LogP contribution in [-0.2, 0) is 10.0 Å². The van der Waals surface area contributed by atoms with Gasteiger partial charge in [-0.25, -0.2) is 12.7 Å². The second-order valence-corrected chi connectivity index (χ2v) is 6.32. The molecule has 0 aromatic heterocycles. The molecule has 2 N–H and O–H groups in total. The van der Waals surface area contributed by atoms with Gasteiger partial charge >= 0.3 is 0 Å². The van der Waals surface area contributed by atoms with Crippen LogP contribution in [0.5, 0.6) is 5.75 Å². The Balaban J connectivity index is 2.51. The normalized spacial score (nSPS) is 11.7. The van der Waals surface area contributed by atoms with Crippen LogP contribution >= 0.6 is 0 Å². The molecule has 6 heteroatoms. The Morgan fingerprint density at radius 1 is 1.32 bits per heavy atom. The zero-order valence-electron chi connectivity index (χ0n) is 11.5. The highest BCUT2D eigenvalue weighted by molar-refractivity contribution is 7.89. The Morgan fingerprint density at radius 3 is 2.63 bits per heavy atom. The van der Waals surface area contributed by atoms with Crippen molar-refractivity contribution < 1.29 is 13.2 Å². The highest BCUT2D eigenvalue weighted by Gasteiger charge is 2.19. The van der Waals surface area contributed by atoms with E-state index in [9.17, 15) is 8.42 Å². The van der Waals surface area contributed by atoms with E-state index >= 15 is 0 Å². The Morgan fingerprint density at radius 2 is 2.05 bits per heavy atom. The molecule has 0 radical (unpaired) electrons. The van der Waals surface area contributed by atoms with E-state index in [1.807, 2.05) is 13.8 Å². The summed E-state index contributed by atoms with van der Waals surface area (Å²) in [5.41, 5.74) is 6.22. The van der Waals surface area contributed by atoms with Crippen LogP contribution in [0.3, 0.4) is 0 Å². The van der Waals surface area contributed by atoms with Gasteiger partial charge < -0.3 is 10.5 Å². The van der Waals surface area contributed by atoms with E-state index in [4.69, 9.17) is 10.5 Å². The van der Waals surface area contributed by atoms with Crippen LogP contribution in [0, 0.1) is 0 Å². The zero-order valence-corrected chi connectivity index (χ0v) is 12.3. The fourth-order valence-corrected chi connectivity index (χ4v) is 3.15. The van der Waals surface area contributed by atoms with E-state index in [1.165, 1.54) is 4.31 Å². The van der Waals surface area contributed by atoms with Crippen molar-refractivity contribution in [3.63, 3.8) is 0 Å². The number of nitrogens with two attached hydrogens (primary N) is 1. The molecule has 1 aromatic carbocycles. The summed E-state index contributed by atoms with van der Waals surface area (Å²) in [6.07, 6.45) is 0.809. The molecular weight excluding hydrogens is 264 g/mol. The summed E-state index contributed by atoms with van der Waals surface area (Å²) >= 11 is 0. The molecule has 0 saturated carbocycles. The summed E-state index contributed by atoms with van der Waals surface area (Å²) in [6, 6.07) is 6.96. The highest BCUT2D eigenvalue weighted by Crippen LogP contribution is 2.14. The van der Waals surface area contributed by atoms with Crippen LogP contribution in [0.25, 0.3) is 0 Å². The summed E-state index contributed by atoms with van der Waals surface area (Å²) in [6.45, 7) is 4.98. The maximum absolute atomic E-state index is 12.0. The van der Waals surface area contributed by atoms with Crippen molar-refractivity contribution in [3.8, 4) is 5.75 Å². The molecule has 0 spiro atoms. The van der Waals surface area contributed by atoms with Gasteiger partial charge in [0.1, 0.15) is 12.4 Å². The Kier molecular flexibility index (Phi) is 6.11. The van der Waals surface area contributed by atoms with Gasteiger partial charge in [-0.15, -0.1) is 0 Å². The van der Waals surface area contributed by atoms with Crippen molar-refractivity contribution in [1.82, 2.24) is 4.31 Å². The molecule has 0 aliphatic heterocycles. The average Bonchev–Trinajstić information content (AvgIpc) is 2.35. The van der Waals surface area contributed by atoms with E-state index in [2.05, 4.69) is 0 Å². The van der Waals surface area contributed by atoms with Gasteiger partial charge in [0.05, 0.1) is 5.75 Å². The number of ether oxygens (including phenoxy) is 1. The fourth-order valence-electron chi connectivity index (χ4n) is 1.74. The molecule has 1 aromatic rings. The predicted molar refractivity (Wildman–Crippen MR) is 77.7 cm³/mol. The monoisotopic (exact) mass is 286 g/mol. The van der Waals surface area contributed by atoms with Crippen LogP contribution < -0.4 is 10.5 Å². The van der Waals surface area contributed by atoms with Crippen molar-refractivity contribution in [2.24, 2.45) is 0 Å². The lowest BCUT2D eigenvalue weighted by atomic mass is 10.3. The molecule has 0 atom stereocenters. The molecule has 0 aliphatic carbocycles. The van der Waals surface area contributed by atoms with E-state index in [-0.39, 0.29) is 12.4 Å². The first-order valence-electron chi connectivity index (χ1n) is 6.45. The summed E-state index contributed by atoms with van der Waals surface area (Å²) in [5, 5.41) is 0. The maximum Gasteiger partial charge on any atom is 0.217 e. The van der Waals surface area contributed by atoms with E-state index < -0.39 is 10.0 Å². The van der Waals surface area contributed by atoms with Crippen LogP contribution in [0.1, 0.15) is 20.3 Å². The molecule has 0 heterocycles. The van der Waals surface area contributed by atoms with E-state index in [1.54, 1.807) is 24.3 Å². The second kappa shape index (κ2) is 7.35. The van der Waals surface area contributed by atoms with E-state index in [0.717, 1.165) is 6.42 Å². The standard InChI is InChI=1S/C13H22N2O3S/c1-3-8-15(4-2)19(16,17)10-9-18-13-7-5-6-12(14)11-13/h5-7,11H,3-4,8-10,14H2,1-2H3. The molecule has 1 rings (SSSR count). The maximum atomic E-state index is 12.0. The Bertz CT molecular complexity index is 488. The number of hydrogen-bond donors (Lipinski definition) is 1. The first-order chi connectivity index (χ1) is 8.99. The molecule has 0 bridgehead atoms. The summed E-state index contributed by atoms with van der Waals surface area (Å²) in [5.74, 6) is 0.573. The SMILES string of the molecule is CCCN(CC)S(=O)(=O)CCOc1cccc(N)c1. The first-order valence-corrected chi connectivity index (χ1v) is 8.06. The molecule has 0 amide bonds. The third-order valence-corrected chi connectivity index (χ3v) is 4.60. The smallest absolute Gasteiger partial charge is 0.217 e. The van der Waals surface area contributed by atoms with Crippen molar-refractivity contribution in [3.05, 3.63) is 24.3 Å². The van der Waals surface area contributed by atoms with E-state index in [0.29, 0.717) is 24.5 Å². The van der Waals surface area contributed by atoms with Crippen LogP contribution in [0.4, 0.5) is 5.69 Å². The largest absolute Gasteiger partial charge is 0.492 e. The highest BCUT2D eigenvalue weighted by atomic mass is 32.2. The van der Waals surface area contributed by atoms with Gasteiger partial charge in [0, 0.05) is 24.8 Å². The van der Waals surface area contributed by atoms with Gasteiger partial charge in [0.15, 0.2) is 0 Å². The molecule has 0 aliphatic rings. The minimum Gasteiger partial charge on any atom is -0.492 e. The van der Waals surface area contributed by atoms with Gasteiger partial charge in [-0.3, -0.25) is 0 Å². The summed E-state index contributed by atoms with van der Waals surface area (Å²) < 4.78 is 31.0. The lowest BCUT2D eigenvalue weighted by Crippen LogP contribution is -2.35. The van der Waals surface area contributed by atoms with Crippen molar-refractivity contribution >= 4 is 15.7 Å². The lowest BCUT2D eigenvalue weighted by molar-refractivity contribution is 0.335. The van der Waals surface area contributed by atoms with Gasteiger partial charge in [-0.05, 0) is 18.6 Å². The Hall–Kier alpha value is -1.27. The number of nitrogens with zero attached hydrogens (tertiary/aromatic N) is 1. The number of rotatable bonds is 8. The van der Waals surface area contributed by atoms with Crippen LogP contribution in [0.15, 0.2) is 24.3 Å². The van der Waals surface area contributed by atoms with Crippen molar-refractivity contribution in [2.45, 2.75) is 20.3 Å². The summed E-state index contributed by atoms with van der Waals surface area (Å²) in [7, 11) is -3.24. The van der Waals surface area contributed by atoms with Gasteiger partial charge in [0.25, 0.3) is 0 Å². The van der Waals surface area contributed by atoms with Crippen molar-refractivity contribution in [1.29, 1.82) is 0 Å². The minimum atomic E-state index is -3.24. The predicted octanol–water partition coefficient (Wildman–Crippen LogP) is 1.71. The quantitative estimate of drug-likeness (QED) is 0.738. The fraction of sp³-hybridized carbons (Fsp3) is 0.538. The number of nitrogen functional groups attached to an aromatic ring is 1. The van der Waals surface area contributed by atoms with Crippen LogP contribution in [-0.4, -0.2) is 38.2 Å².